The Hall–Kier alpha value is -1.66. The number of carbonyl (C=O) groups excluding carboxylic acids is 2. The van der Waals surface area contributed by atoms with Gasteiger partial charge in [0.15, 0.2) is 0 Å². The molecule has 2 unspecified atom stereocenters. The average molecular weight is 1130 g/mol. The van der Waals surface area contributed by atoms with Crippen molar-refractivity contribution in [3.63, 3.8) is 0 Å². The molecule has 6 heteroatoms. The molecule has 6 nitrogen and oxygen atoms in total. The summed E-state index contributed by atoms with van der Waals surface area (Å²) in [5.41, 5.74) is 0. The van der Waals surface area contributed by atoms with Gasteiger partial charge >= 0.3 is 5.97 Å². The number of amides is 1. The van der Waals surface area contributed by atoms with E-state index in [0.29, 0.717) is 25.9 Å². The highest BCUT2D eigenvalue weighted by Gasteiger charge is 2.20. The topological polar surface area (TPSA) is 95.9 Å². The summed E-state index contributed by atoms with van der Waals surface area (Å²) in [4.78, 5) is 24.5. The third-order valence-electron chi connectivity index (χ3n) is 17.2. The lowest BCUT2D eigenvalue weighted by molar-refractivity contribution is -0.143. The number of hydrogen-bond donors (Lipinski definition) is 3. The van der Waals surface area contributed by atoms with E-state index in [0.717, 1.165) is 44.9 Å². The van der Waals surface area contributed by atoms with Gasteiger partial charge in [0, 0.05) is 12.8 Å². The Balaban J connectivity index is 3.29. The van der Waals surface area contributed by atoms with Crippen LogP contribution in [0.1, 0.15) is 412 Å². The van der Waals surface area contributed by atoms with Crippen LogP contribution < -0.4 is 5.32 Å². The zero-order chi connectivity index (χ0) is 57.8. The van der Waals surface area contributed by atoms with Crippen molar-refractivity contribution >= 4 is 11.9 Å². The molecule has 0 aromatic heterocycles. The molecule has 0 bridgehead atoms. The molecule has 0 aromatic rings. The number of hydrogen-bond acceptors (Lipinski definition) is 5. The van der Waals surface area contributed by atoms with E-state index in [2.05, 4.69) is 43.5 Å². The molecule has 0 saturated heterocycles. The summed E-state index contributed by atoms with van der Waals surface area (Å²) in [5.74, 6) is -0.0161. The van der Waals surface area contributed by atoms with Crippen LogP contribution in [-0.2, 0) is 14.3 Å². The summed E-state index contributed by atoms with van der Waals surface area (Å²) < 4.78 is 5.50. The summed E-state index contributed by atoms with van der Waals surface area (Å²) in [6.45, 7) is 4.95. The number of esters is 1. The summed E-state index contributed by atoms with van der Waals surface area (Å²) in [6.07, 6.45) is 88.4. The smallest absolute Gasteiger partial charge is 0.305 e. The van der Waals surface area contributed by atoms with Gasteiger partial charge in [-0.15, -0.1) is 0 Å². The molecule has 1 amide bonds. The van der Waals surface area contributed by atoms with Crippen molar-refractivity contribution in [1.29, 1.82) is 0 Å². The fourth-order valence-electron chi connectivity index (χ4n) is 11.6. The minimum atomic E-state index is -0.658. The lowest BCUT2D eigenvalue weighted by atomic mass is 10.0. The monoisotopic (exact) mass is 1130 g/mol. The Kier molecular flexibility index (Phi) is 68.4. The number of rotatable bonds is 69. The molecule has 0 rings (SSSR count). The van der Waals surface area contributed by atoms with E-state index in [4.69, 9.17) is 4.74 Å². The normalized spacial score (nSPS) is 12.6. The molecule has 0 heterocycles. The maximum atomic E-state index is 12.4. The molecule has 0 fully saturated rings. The van der Waals surface area contributed by atoms with E-state index >= 15 is 0 Å². The van der Waals surface area contributed by atoms with Crippen molar-refractivity contribution in [3.05, 3.63) is 24.3 Å². The number of nitrogens with one attached hydrogen (secondary N) is 1. The molecule has 0 spiro atoms. The number of aliphatic hydroxyl groups excluding tert-OH is 2. The highest BCUT2D eigenvalue weighted by Crippen LogP contribution is 2.19. The van der Waals surface area contributed by atoms with Crippen LogP contribution in [-0.4, -0.2) is 47.4 Å². The number of aliphatic hydroxyl groups is 2. The van der Waals surface area contributed by atoms with Crippen molar-refractivity contribution in [2.45, 2.75) is 424 Å². The average Bonchev–Trinajstić information content (AvgIpc) is 3.46. The van der Waals surface area contributed by atoms with Crippen LogP contribution in [0.25, 0.3) is 0 Å². The van der Waals surface area contributed by atoms with Crippen molar-refractivity contribution in [2.24, 2.45) is 0 Å². The molecule has 2 atom stereocenters. The van der Waals surface area contributed by atoms with Gasteiger partial charge in [0.1, 0.15) is 0 Å². The van der Waals surface area contributed by atoms with E-state index in [-0.39, 0.29) is 18.5 Å². The molecule has 3 N–H and O–H groups in total. The van der Waals surface area contributed by atoms with Gasteiger partial charge < -0.3 is 20.3 Å². The molecular formula is C74H143NO5. The summed E-state index contributed by atoms with van der Waals surface area (Å²) in [5, 5.41) is 23.2. The number of ether oxygens (including phenoxy) is 1. The van der Waals surface area contributed by atoms with Crippen LogP contribution in [0.2, 0.25) is 0 Å². The Labute approximate surface area is 501 Å². The molecule has 0 radical (unpaired) electrons. The largest absolute Gasteiger partial charge is 0.466 e. The van der Waals surface area contributed by atoms with Crippen LogP contribution in [0.3, 0.4) is 0 Å². The van der Waals surface area contributed by atoms with Crippen molar-refractivity contribution in [3.8, 4) is 0 Å². The Bertz CT molecular complexity index is 1250. The second-order valence-corrected chi connectivity index (χ2v) is 25.3. The lowest BCUT2D eigenvalue weighted by Gasteiger charge is -2.22. The zero-order valence-corrected chi connectivity index (χ0v) is 54.3. The van der Waals surface area contributed by atoms with Gasteiger partial charge in [-0.3, -0.25) is 9.59 Å². The molecule has 474 valence electrons. The van der Waals surface area contributed by atoms with Gasteiger partial charge in [-0.2, -0.15) is 0 Å². The molecule has 0 saturated carbocycles. The van der Waals surface area contributed by atoms with Gasteiger partial charge in [0.2, 0.25) is 5.91 Å². The highest BCUT2D eigenvalue weighted by atomic mass is 16.5. The molecule has 0 aliphatic carbocycles. The first-order valence-corrected chi connectivity index (χ1v) is 36.6. The van der Waals surface area contributed by atoms with Gasteiger partial charge in [-0.25, -0.2) is 0 Å². The second-order valence-electron chi connectivity index (χ2n) is 25.3. The standard InChI is InChI=1S/C74H143NO5/c1-3-5-7-9-11-13-14-15-41-45-48-52-56-60-64-68-74(79)80-69-65-61-57-53-49-46-43-40-38-36-34-32-30-28-26-24-22-20-18-16-17-19-21-23-25-27-29-31-33-35-37-39-42-44-47-51-55-59-63-67-73(78)75-71(70-76)72(77)66-62-58-54-50-12-10-8-6-4-2/h15-17,41,71-72,76-77H,3-14,18-40,42-70H2,1-2H3,(H,75,78)/b17-16-,41-15-. The first-order valence-electron chi connectivity index (χ1n) is 36.6. The van der Waals surface area contributed by atoms with E-state index in [1.54, 1.807) is 0 Å². The minimum Gasteiger partial charge on any atom is -0.466 e. The maximum Gasteiger partial charge on any atom is 0.305 e. The summed E-state index contributed by atoms with van der Waals surface area (Å²) >= 11 is 0. The van der Waals surface area contributed by atoms with Crippen LogP contribution >= 0.6 is 0 Å². The molecule has 0 aliphatic heterocycles. The van der Waals surface area contributed by atoms with Crippen molar-refractivity contribution in [1.82, 2.24) is 5.32 Å². The lowest BCUT2D eigenvalue weighted by Crippen LogP contribution is -2.45. The predicted octanol–water partition coefficient (Wildman–Crippen LogP) is 23.7. The van der Waals surface area contributed by atoms with Crippen LogP contribution in [0.4, 0.5) is 0 Å². The molecule has 80 heavy (non-hydrogen) atoms. The molecule has 0 aromatic carbocycles. The molecule has 0 aliphatic rings. The second kappa shape index (κ2) is 69.8. The van der Waals surface area contributed by atoms with Crippen LogP contribution in [0.15, 0.2) is 24.3 Å². The molecular weight excluding hydrogens is 983 g/mol. The fourth-order valence-corrected chi connectivity index (χ4v) is 11.6. The fraction of sp³-hybridized carbons (Fsp3) is 0.919. The third kappa shape index (κ3) is 65.5. The quantitative estimate of drug-likeness (QED) is 0.0320. The zero-order valence-electron chi connectivity index (χ0n) is 54.3. The van der Waals surface area contributed by atoms with Gasteiger partial charge in [0.25, 0.3) is 0 Å². The van der Waals surface area contributed by atoms with Crippen LogP contribution in [0, 0.1) is 0 Å². The van der Waals surface area contributed by atoms with Gasteiger partial charge in [-0.05, 0) is 77.0 Å². The Morgan fingerprint density at radius 2 is 0.588 bits per heavy atom. The minimum absolute atomic E-state index is 0.0150. The predicted molar refractivity (Wildman–Crippen MR) is 352 cm³/mol. The van der Waals surface area contributed by atoms with E-state index in [1.807, 2.05) is 0 Å². The van der Waals surface area contributed by atoms with Gasteiger partial charge in [0.05, 0.1) is 25.4 Å². The third-order valence-corrected chi connectivity index (χ3v) is 17.2. The summed E-state index contributed by atoms with van der Waals surface area (Å²) in [6, 6.07) is -0.535. The van der Waals surface area contributed by atoms with Gasteiger partial charge in [-0.1, -0.05) is 346 Å². The van der Waals surface area contributed by atoms with E-state index < -0.39 is 12.1 Å². The van der Waals surface area contributed by atoms with E-state index in [1.165, 1.54) is 334 Å². The Morgan fingerprint density at radius 1 is 0.338 bits per heavy atom. The SMILES string of the molecule is CCCCCCCC/C=C\CCCCCCCC(=O)OCCCCCCCCCCCCCCCCCCCC/C=C\CCCCCCCCCCCCCCCCCCCC(=O)NC(CO)C(O)CCCCCCCCCCC. The van der Waals surface area contributed by atoms with Crippen LogP contribution in [0.5, 0.6) is 0 Å². The highest BCUT2D eigenvalue weighted by molar-refractivity contribution is 5.76. The first kappa shape index (κ1) is 78.3. The Morgan fingerprint density at radius 3 is 0.887 bits per heavy atom. The maximum absolute atomic E-state index is 12.4. The van der Waals surface area contributed by atoms with Crippen molar-refractivity contribution < 1.29 is 24.5 Å². The summed E-state index contributed by atoms with van der Waals surface area (Å²) in [7, 11) is 0. The number of unbranched alkanes of at least 4 members (excludes halogenated alkanes) is 54. The number of carbonyl (C=O) groups is 2. The number of allylic oxidation sites excluding steroid dienone is 4. The first-order chi connectivity index (χ1) is 39.5. The van der Waals surface area contributed by atoms with E-state index in [9.17, 15) is 19.8 Å². The van der Waals surface area contributed by atoms with Crippen molar-refractivity contribution in [2.75, 3.05) is 13.2 Å².